The molecule has 0 aromatic heterocycles. The molecule has 0 bridgehead atoms. The van der Waals surface area contributed by atoms with Gasteiger partial charge in [-0.25, -0.2) is 4.79 Å². The third kappa shape index (κ3) is 4.85. The van der Waals surface area contributed by atoms with Crippen molar-refractivity contribution in [2.24, 2.45) is 11.8 Å². The minimum Gasteiger partial charge on any atom is -0.444 e. The summed E-state index contributed by atoms with van der Waals surface area (Å²) in [5, 5.41) is 3.64. The van der Waals surface area contributed by atoms with Gasteiger partial charge in [-0.2, -0.15) is 0 Å². The highest BCUT2D eigenvalue weighted by molar-refractivity contribution is 5.68. The van der Waals surface area contributed by atoms with E-state index in [1.54, 1.807) is 0 Å². The van der Waals surface area contributed by atoms with Crippen molar-refractivity contribution in [1.82, 2.24) is 10.2 Å². The average Bonchev–Trinajstić information content (AvgIpc) is 2.93. The van der Waals surface area contributed by atoms with Gasteiger partial charge >= 0.3 is 6.09 Å². The Balaban J connectivity index is 1.92. The van der Waals surface area contributed by atoms with Gasteiger partial charge in [0, 0.05) is 25.7 Å². The fourth-order valence-electron chi connectivity index (χ4n) is 3.58. The topological polar surface area (TPSA) is 50.8 Å². The SMILES string of the molecule is CCNC(C1CCCOC1)C1CCN(C(=O)OC(C)(C)C)C1. The summed E-state index contributed by atoms with van der Waals surface area (Å²) in [5.74, 6) is 1.07. The van der Waals surface area contributed by atoms with Crippen LogP contribution in [0, 0.1) is 11.8 Å². The lowest BCUT2D eigenvalue weighted by Gasteiger charge is -2.34. The minimum absolute atomic E-state index is 0.176. The monoisotopic (exact) mass is 312 g/mol. The standard InChI is InChI=1S/C17H32N2O3/c1-5-18-15(14-7-6-10-21-12-14)13-8-9-19(11-13)16(20)22-17(2,3)4/h13-15,18H,5-12H2,1-4H3. The zero-order chi connectivity index (χ0) is 16.2. The van der Waals surface area contributed by atoms with Crippen LogP contribution >= 0.6 is 0 Å². The maximum atomic E-state index is 12.2. The summed E-state index contributed by atoms with van der Waals surface area (Å²) < 4.78 is 11.2. The zero-order valence-corrected chi connectivity index (χ0v) is 14.6. The molecular formula is C17H32N2O3. The van der Waals surface area contributed by atoms with Crippen molar-refractivity contribution in [2.45, 2.75) is 58.6 Å². The predicted octanol–water partition coefficient (Wildman–Crippen LogP) is 2.65. The number of amides is 1. The highest BCUT2D eigenvalue weighted by Crippen LogP contribution is 2.29. The molecule has 5 heteroatoms. The summed E-state index contributed by atoms with van der Waals surface area (Å²) in [4.78, 5) is 14.1. The van der Waals surface area contributed by atoms with Gasteiger partial charge in [0.2, 0.25) is 0 Å². The summed E-state index contributed by atoms with van der Waals surface area (Å²) in [6.45, 7) is 12.2. The first kappa shape index (κ1) is 17.5. The summed E-state index contributed by atoms with van der Waals surface area (Å²) >= 11 is 0. The van der Waals surface area contributed by atoms with Crippen molar-refractivity contribution >= 4 is 6.09 Å². The Morgan fingerprint density at radius 3 is 2.73 bits per heavy atom. The first-order chi connectivity index (χ1) is 10.4. The van der Waals surface area contributed by atoms with Crippen molar-refractivity contribution in [3.8, 4) is 0 Å². The van der Waals surface area contributed by atoms with E-state index >= 15 is 0 Å². The van der Waals surface area contributed by atoms with Crippen LogP contribution in [0.1, 0.15) is 47.0 Å². The number of hydrogen-bond acceptors (Lipinski definition) is 4. The number of carbonyl (C=O) groups excluding carboxylic acids is 1. The van der Waals surface area contributed by atoms with Gasteiger partial charge in [-0.1, -0.05) is 6.92 Å². The second-order valence-corrected chi connectivity index (χ2v) is 7.54. The molecule has 2 heterocycles. The molecule has 2 rings (SSSR count). The molecule has 0 radical (unpaired) electrons. The second kappa shape index (κ2) is 7.64. The molecule has 5 nitrogen and oxygen atoms in total. The summed E-state index contributed by atoms with van der Waals surface area (Å²) in [5.41, 5.74) is -0.423. The van der Waals surface area contributed by atoms with Crippen LogP contribution in [0.5, 0.6) is 0 Å². The number of carbonyl (C=O) groups is 1. The molecule has 0 aliphatic carbocycles. The van der Waals surface area contributed by atoms with Crippen molar-refractivity contribution in [1.29, 1.82) is 0 Å². The Labute approximate surface area is 134 Å². The van der Waals surface area contributed by atoms with Crippen LogP contribution in [0.2, 0.25) is 0 Å². The Bertz CT molecular complexity index is 361. The average molecular weight is 312 g/mol. The largest absolute Gasteiger partial charge is 0.444 e. The molecule has 1 N–H and O–H groups in total. The van der Waals surface area contributed by atoms with Gasteiger partial charge in [0.1, 0.15) is 5.60 Å². The summed E-state index contributed by atoms with van der Waals surface area (Å²) in [6, 6.07) is 0.442. The molecule has 1 amide bonds. The van der Waals surface area contributed by atoms with Crippen molar-refractivity contribution in [3.63, 3.8) is 0 Å². The highest BCUT2D eigenvalue weighted by atomic mass is 16.6. The molecule has 22 heavy (non-hydrogen) atoms. The van der Waals surface area contributed by atoms with E-state index in [1.165, 1.54) is 6.42 Å². The van der Waals surface area contributed by atoms with Gasteiger partial charge in [0.15, 0.2) is 0 Å². The van der Waals surface area contributed by atoms with Crippen LogP contribution < -0.4 is 5.32 Å². The maximum absolute atomic E-state index is 12.2. The van der Waals surface area contributed by atoms with Crippen LogP contribution in [-0.4, -0.2) is 55.5 Å². The Morgan fingerprint density at radius 2 is 2.14 bits per heavy atom. The van der Waals surface area contributed by atoms with Crippen LogP contribution in [0.3, 0.4) is 0 Å². The zero-order valence-electron chi connectivity index (χ0n) is 14.6. The first-order valence-electron chi connectivity index (χ1n) is 8.69. The van der Waals surface area contributed by atoms with Gasteiger partial charge in [-0.05, 0) is 58.4 Å². The molecule has 0 saturated carbocycles. The van der Waals surface area contributed by atoms with Gasteiger partial charge in [-0.3, -0.25) is 0 Å². The molecule has 0 aromatic rings. The van der Waals surface area contributed by atoms with E-state index in [0.29, 0.717) is 17.9 Å². The number of likely N-dealkylation sites (tertiary alicyclic amines) is 1. The molecular weight excluding hydrogens is 280 g/mol. The lowest BCUT2D eigenvalue weighted by molar-refractivity contribution is 0.0226. The molecule has 2 aliphatic rings. The fraction of sp³-hybridized carbons (Fsp3) is 0.941. The molecule has 0 aromatic carbocycles. The van der Waals surface area contributed by atoms with Crippen LogP contribution in [0.15, 0.2) is 0 Å². The van der Waals surface area contributed by atoms with Crippen LogP contribution in [-0.2, 0) is 9.47 Å². The van der Waals surface area contributed by atoms with Crippen molar-refractivity contribution in [3.05, 3.63) is 0 Å². The minimum atomic E-state index is -0.423. The first-order valence-corrected chi connectivity index (χ1v) is 8.69. The number of rotatable bonds is 4. The van der Waals surface area contributed by atoms with E-state index in [0.717, 1.165) is 45.7 Å². The summed E-state index contributed by atoms with van der Waals surface area (Å²) in [7, 11) is 0. The van der Waals surface area contributed by atoms with Crippen LogP contribution in [0.4, 0.5) is 4.79 Å². The third-order valence-corrected chi connectivity index (χ3v) is 4.53. The second-order valence-electron chi connectivity index (χ2n) is 7.54. The lowest BCUT2D eigenvalue weighted by Crippen LogP contribution is -2.46. The van der Waals surface area contributed by atoms with E-state index in [4.69, 9.17) is 9.47 Å². The highest BCUT2D eigenvalue weighted by Gasteiger charge is 2.37. The summed E-state index contributed by atoms with van der Waals surface area (Å²) in [6.07, 6.45) is 3.24. The normalized spacial score (nSPS) is 27.7. The molecule has 128 valence electrons. The van der Waals surface area contributed by atoms with Gasteiger partial charge in [0.05, 0.1) is 6.61 Å². The fourth-order valence-corrected chi connectivity index (χ4v) is 3.58. The van der Waals surface area contributed by atoms with Gasteiger partial charge < -0.3 is 19.7 Å². The molecule has 2 fully saturated rings. The van der Waals surface area contributed by atoms with Gasteiger partial charge in [-0.15, -0.1) is 0 Å². The van der Waals surface area contributed by atoms with Crippen molar-refractivity contribution in [2.75, 3.05) is 32.8 Å². The van der Waals surface area contributed by atoms with E-state index in [1.807, 2.05) is 25.7 Å². The molecule has 2 aliphatic heterocycles. The predicted molar refractivity (Wildman–Crippen MR) is 86.9 cm³/mol. The Kier molecular flexibility index (Phi) is 6.09. The van der Waals surface area contributed by atoms with Gasteiger partial charge in [0.25, 0.3) is 0 Å². The lowest BCUT2D eigenvalue weighted by atomic mass is 9.84. The quantitative estimate of drug-likeness (QED) is 0.867. The van der Waals surface area contributed by atoms with Crippen LogP contribution in [0.25, 0.3) is 0 Å². The van der Waals surface area contributed by atoms with E-state index in [2.05, 4.69) is 12.2 Å². The number of nitrogens with zero attached hydrogens (tertiary/aromatic N) is 1. The molecule has 2 saturated heterocycles. The van der Waals surface area contributed by atoms with Crippen molar-refractivity contribution < 1.29 is 14.3 Å². The van der Waals surface area contributed by atoms with E-state index in [-0.39, 0.29) is 6.09 Å². The number of nitrogens with one attached hydrogen (secondary N) is 1. The maximum Gasteiger partial charge on any atom is 0.410 e. The van der Waals surface area contributed by atoms with E-state index in [9.17, 15) is 4.79 Å². The van der Waals surface area contributed by atoms with E-state index < -0.39 is 5.60 Å². The Hall–Kier alpha value is -0.810. The third-order valence-electron chi connectivity index (χ3n) is 4.53. The molecule has 3 unspecified atom stereocenters. The molecule has 0 spiro atoms. The number of ether oxygens (including phenoxy) is 2. The smallest absolute Gasteiger partial charge is 0.410 e. The molecule has 3 atom stereocenters. The Morgan fingerprint density at radius 1 is 1.36 bits per heavy atom. The number of hydrogen-bond donors (Lipinski definition) is 1.